The third kappa shape index (κ3) is 5.08. The summed E-state index contributed by atoms with van der Waals surface area (Å²) in [7, 11) is 2.85. The lowest BCUT2D eigenvalue weighted by Gasteiger charge is -2.24. The zero-order valence-corrected chi connectivity index (χ0v) is 17.3. The fourth-order valence-electron chi connectivity index (χ4n) is 3.20. The first-order chi connectivity index (χ1) is 14.4. The van der Waals surface area contributed by atoms with E-state index >= 15 is 0 Å². The van der Waals surface area contributed by atoms with E-state index in [1.165, 1.54) is 12.0 Å². The average molecular weight is 432 g/mol. The largest absolute Gasteiger partial charge is 0.465 e. The van der Waals surface area contributed by atoms with Crippen LogP contribution in [0.15, 0.2) is 48.5 Å². The third-order valence-corrected chi connectivity index (χ3v) is 5.08. The molecule has 3 rings (SSSR count). The maximum absolute atomic E-state index is 12.9. The van der Waals surface area contributed by atoms with E-state index in [0.717, 1.165) is 0 Å². The third-order valence-electron chi connectivity index (χ3n) is 4.83. The number of nitrogens with one attached hydrogen (secondary N) is 2. The van der Waals surface area contributed by atoms with E-state index in [1.807, 2.05) is 0 Å². The Morgan fingerprint density at radius 1 is 0.967 bits per heavy atom. The van der Waals surface area contributed by atoms with Gasteiger partial charge in [0.15, 0.2) is 0 Å². The minimum atomic E-state index is -0.706. The standard InChI is InChI=1S/C21H22ClN3O5/c1-29-17-11-18(19(26)23-15-7-3-13(4-8-15)20(27)30-2)25(12-17)21(28)24-16-9-5-14(22)6-10-16/h3-10,17-18H,11-12H2,1-2H3,(H,23,26)(H,24,28)/t17-,18-/m1/s1. The molecule has 0 aliphatic carbocycles. The second-order valence-electron chi connectivity index (χ2n) is 6.76. The number of likely N-dealkylation sites (tertiary alicyclic amines) is 1. The zero-order chi connectivity index (χ0) is 21.7. The lowest BCUT2D eigenvalue weighted by molar-refractivity contribution is -0.119. The highest BCUT2D eigenvalue weighted by Crippen LogP contribution is 2.23. The molecule has 2 aromatic carbocycles. The Labute approximate surface area is 179 Å². The van der Waals surface area contributed by atoms with Crippen LogP contribution in [0.25, 0.3) is 0 Å². The predicted octanol–water partition coefficient (Wildman–Crippen LogP) is 3.39. The number of halogens is 1. The maximum atomic E-state index is 12.9. The molecule has 0 bridgehead atoms. The summed E-state index contributed by atoms with van der Waals surface area (Å²) in [6.45, 7) is 0.287. The highest BCUT2D eigenvalue weighted by atomic mass is 35.5. The summed E-state index contributed by atoms with van der Waals surface area (Å²) < 4.78 is 10.0. The number of anilines is 2. The minimum absolute atomic E-state index is 0.251. The van der Waals surface area contributed by atoms with Crippen molar-refractivity contribution in [3.8, 4) is 0 Å². The fourth-order valence-corrected chi connectivity index (χ4v) is 3.33. The molecule has 9 heteroatoms. The van der Waals surface area contributed by atoms with Gasteiger partial charge >= 0.3 is 12.0 Å². The van der Waals surface area contributed by atoms with Gasteiger partial charge in [-0.1, -0.05) is 11.6 Å². The Balaban J connectivity index is 1.69. The average Bonchev–Trinajstić information content (AvgIpc) is 3.20. The number of nitrogens with zero attached hydrogens (tertiary/aromatic N) is 1. The molecule has 3 amide bonds. The molecule has 1 fully saturated rings. The van der Waals surface area contributed by atoms with Crippen LogP contribution in [0.5, 0.6) is 0 Å². The van der Waals surface area contributed by atoms with Gasteiger partial charge in [0.2, 0.25) is 5.91 Å². The molecule has 8 nitrogen and oxygen atoms in total. The molecule has 0 radical (unpaired) electrons. The van der Waals surface area contributed by atoms with Gasteiger partial charge in [0.05, 0.1) is 18.8 Å². The lowest BCUT2D eigenvalue weighted by atomic mass is 10.1. The van der Waals surface area contributed by atoms with Crippen molar-refractivity contribution >= 4 is 40.9 Å². The van der Waals surface area contributed by atoms with E-state index in [0.29, 0.717) is 28.4 Å². The smallest absolute Gasteiger partial charge is 0.337 e. The molecule has 1 aliphatic heterocycles. The van der Waals surface area contributed by atoms with Crippen LogP contribution in [-0.4, -0.2) is 55.7 Å². The van der Waals surface area contributed by atoms with E-state index in [2.05, 4.69) is 15.4 Å². The summed E-state index contributed by atoms with van der Waals surface area (Å²) in [6, 6.07) is 11.9. The van der Waals surface area contributed by atoms with E-state index in [4.69, 9.17) is 16.3 Å². The minimum Gasteiger partial charge on any atom is -0.465 e. The number of hydrogen-bond donors (Lipinski definition) is 2. The summed E-state index contributed by atoms with van der Waals surface area (Å²) in [6.07, 6.45) is 0.120. The number of amides is 3. The first kappa shape index (κ1) is 21.6. The number of methoxy groups -OCH3 is 2. The van der Waals surface area contributed by atoms with E-state index < -0.39 is 18.0 Å². The number of esters is 1. The van der Waals surface area contributed by atoms with E-state index in [-0.39, 0.29) is 18.6 Å². The number of rotatable bonds is 5. The topological polar surface area (TPSA) is 97.0 Å². The van der Waals surface area contributed by atoms with Crippen molar-refractivity contribution in [2.75, 3.05) is 31.4 Å². The zero-order valence-electron chi connectivity index (χ0n) is 16.6. The maximum Gasteiger partial charge on any atom is 0.337 e. The molecule has 2 aromatic rings. The SMILES string of the molecule is COC(=O)c1ccc(NC(=O)[C@H]2C[C@@H](OC)CN2C(=O)Nc2ccc(Cl)cc2)cc1. The van der Waals surface area contributed by atoms with Crippen molar-refractivity contribution in [2.45, 2.75) is 18.6 Å². The molecule has 158 valence electrons. The molecule has 0 aromatic heterocycles. The van der Waals surface area contributed by atoms with Crippen molar-refractivity contribution < 1.29 is 23.9 Å². The molecular weight excluding hydrogens is 410 g/mol. The van der Waals surface area contributed by atoms with Gasteiger partial charge in [0, 0.05) is 36.5 Å². The van der Waals surface area contributed by atoms with Crippen LogP contribution in [0.2, 0.25) is 5.02 Å². The molecule has 30 heavy (non-hydrogen) atoms. The second-order valence-corrected chi connectivity index (χ2v) is 7.19. The van der Waals surface area contributed by atoms with Crippen LogP contribution < -0.4 is 10.6 Å². The fraction of sp³-hybridized carbons (Fsp3) is 0.286. The Kier molecular flexibility index (Phi) is 6.91. The first-order valence-corrected chi connectivity index (χ1v) is 9.64. The molecule has 0 saturated carbocycles. The highest BCUT2D eigenvalue weighted by Gasteiger charge is 2.40. The number of carbonyl (C=O) groups excluding carboxylic acids is 3. The Hall–Kier alpha value is -3.10. The summed E-state index contributed by atoms with van der Waals surface area (Å²) in [5.41, 5.74) is 1.45. The molecule has 1 saturated heterocycles. The van der Waals surface area contributed by atoms with Gasteiger partial charge in [0.1, 0.15) is 6.04 Å². The van der Waals surface area contributed by atoms with E-state index in [9.17, 15) is 14.4 Å². The van der Waals surface area contributed by atoms with Crippen LogP contribution in [0, 0.1) is 0 Å². The Bertz CT molecular complexity index is 917. The predicted molar refractivity (Wildman–Crippen MR) is 113 cm³/mol. The second kappa shape index (κ2) is 9.60. The van der Waals surface area contributed by atoms with Gasteiger partial charge < -0.3 is 25.0 Å². The van der Waals surface area contributed by atoms with E-state index in [1.54, 1.807) is 55.6 Å². The summed E-state index contributed by atoms with van der Waals surface area (Å²) in [5, 5.41) is 6.11. The molecular formula is C21H22ClN3O5. The van der Waals surface area contributed by atoms with Crippen LogP contribution >= 0.6 is 11.6 Å². The molecule has 1 aliphatic rings. The van der Waals surface area contributed by atoms with Crippen molar-refractivity contribution in [2.24, 2.45) is 0 Å². The van der Waals surface area contributed by atoms with Gasteiger partial charge in [-0.15, -0.1) is 0 Å². The number of benzene rings is 2. The number of carbonyl (C=O) groups is 3. The highest BCUT2D eigenvalue weighted by molar-refractivity contribution is 6.30. The van der Waals surface area contributed by atoms with Gasteiger partial charge in [-0.25, -0.2) is 9.59 Å². The van der Waals surface area contributed by atoms with Crippen LogP contribution in [0.4, 0.5) is 16.2 Å². The Morgan fingerprint density at radius 3 is 2.17 bits per heavy atom. The summed E-state index contributed by atoms with van der Waals surface area (Å²) >= 11 is 5.87. The monoisotopic (exact) mass is 431 g/mol. The molecule has 2 atom stereocenters. The van der Waals surface area contributed by atoms with Crippen molar-refractivity contribution in [1.29, 1.82) is 0 Å². The van der Waals surface area contributed by atoms with Crippen LogP contribution in [-0.2, 0) is 14.3 Å². The summed E-state index contributed by atoms with van der Waals surface area (Å²) in [4.78, 5) is 38.6. The quantitative estimate of drug-likeness (QED) is 0.707. The molecule has 0 spiro atoms. The van der Waals surface area contributed by atoms with Gasteiger partial charge in [-0.05, 0) is 48.5 Å². The Morgan fingerprint density at radius 2 is 1.57 bits per heavy atom. The molecule has 1 heterocycles. The molecule has 2 N–H and O–H groups in total. The van der Waals surface area contributed by atoms with Crippen LogP contribution in [0.3, 0.4) is 0 Å². The lowest BCUT2D eigenvalue weighted by Crippen LogP contribution is -2.45. The van der Waals surface area contributed by atoms with Gasteiger partial charge in [-0.3, -0.25) is 4.79 Å². The number of hydrogen-bond acceptors (Lipinski definition) is 5. The van der Waals surface area contributed by atoms with Crippen molar-refractivity contribution in [3.63, 3.8) is 0 Å². The van der Waals surface area contributed by atoms with Gasteiger partial charge in [-0.2, -0.15) is 0 Å². The van der Waals surface area contributed by atoms with Crippen molar-refractivity contribution in [1.82, 2.24) is 4.90 Å². The number of ether oxygens (including phenoxy) is 2. The molecule has 0 unspecified atom stereocenters. The summed E-state index contributed by atoms with van der Waals surface area (Å²) in [5.74, 6) is -0.803. The number of urea groups is 1. The first-order valence-electron chi connectivity index (χ1n) is 9.26. The van der Waals surface area contributed by atoms with Gasteiger partial charge in [0.25, 0.3) is 0 Å². The normalized spacial score (nSPS) is 18.0. The van der Waals surface area contributed by atoms with Crippen molar-refractivity contribution in [3.05, 3.63) is 59.1 Å². The van der Waals surface area contributed by atoms with Crippen LogP contribution in [0.1, 0.15) is 16.8 Å².